The van der Waals surface area contributed by atoms with E-state index >= 15 is 0 Å². The first-order chi connectivity index (χ1) is 17.2. The zero-order valence-corrected chi connectivity index (χ0v) is 20.6. The van der Waals surface area contributed by atoms with Crippen LogP contribution in [0.1, 0.15) is 29.4 Å². The van der Waals surface area contributed by atoms with E-state index in [0.717, 1.165) is 16.7 Å². The molecule has 0 aliphatic heterocycles. The molecule has 10 nitrogen and oxygen atoms in total. The average Bonchev–Trinajstić information content (AvgIpc) is 3.43. The van der Waals surface area contributed by atoms with Gasteiger partial charge in [-0.3, -0.25) is 19.5 Å². The minimum atomic E-state index is -1.35. The number of aromatic amines is 1. The lowest BCUT2D eigenvalue weighted by atomic mass is 9.82. The highest BCUT2D eigenvalue weighted by Gasteiger charge is 2.38. The van der Waals surface area contributed by atoms with E-state index in [1.54, 1.807) is 21.0 Å². The van der Waals surface area contributed by atoms with E-state index in [1.807, 2.05) is 54.6 Å². The minimum Gasteiger partial charge on any atom is -0.455 e. The number of amides is 2. The number of carbonyl (C=O) groups excluding carboxylic acids is 3. The van der Waals surface area contributed by atoms with Gasteiger partial charge in [-0.05, 0) is 36.5 Å². The van der Waals surface area contributed by atoms with Crippen LogP contribution in [0.25, 0.3) is 11.1 Å². The summed E-state index contributed by atoms with van der Waals surface area (Å²) >= 11 is 0. The maximum Gasteiger partial charge on any atom is 0.314 e. The van der Waals surface area contributed by atoms with Crippen LogP contribution in [0.5, 0.6) is 0 Å². The number of H-pyrrole nitrogens is 1. The molecule has 0 fully saturated rings. The first kappa shape index (κ1) is 26.6. The first-order valence-corrected chi connectivity index (χ1v) is 11.5. The summed E-state index contributed by atoms with van der Waals surface area (Å²) in [4.78, 5) is 38.7. The monoisotopic (exact) mass is 493 g/mol. The van der Waals surface area contributed by atoms with Crippen molar-refractivity contribution in [1.82, 2.24) is 25.6 Å². The minimum absolute atomic E-state index is 0.0756. The molecule has 0 aliphatic carbocycles. The Bertz CT molecular complexity index is 1150. The lowest BCUT2D eigenvalue weighted by Gasteiger charge is -2.30. The molecule has 0 aliphatic rings. The van der Waals surface area contributed by atoms with Crippen LogP contribution in [0.3, 0.4) is 0 Å². The number of esters is 1. The summed E-state index contributed by atoms with van der Waals surface area (Å²) < 4.78 is 5.19. The zero-order chi connectivity index (χ0) is 26.1. The Balaban J connectivity index is 1.77. The van der Waals surface area contributed by atoms with Crippen LogP contribution >= 0.6 is 0 Å². The van der Waals surface area contributed by atoms with Crippen LogP contribution in [-0.4, -0.2) is 76.6 Å². The number of hydrogen-bond acceptors (Lipinski definition) is 7. The molecule has 0 radical (unpaired) electrons. The Morgan fingerprint density at radius 1 is 1.08 bits per heavy atom. The number of ether oxygens (including phenoxy) is 1. The fourth-order valence-electron chi connectivity index (χ4n) is 3.68. The molecular weight excluding hydrogens is 462 g/mol. The summed E-state index contributed by atoms with van der Waals surface area (Å²) in [6.45, 7) is 0.594. The second-order valence-corrected chi connectivity index (χ2v) is 9.09. The number of nitrogens with one attached hydrogen (secondary N) is 2. The highest BCUT2D eigenvalue weighted by Crippen LogP contribution is 2.27. The molecule has 2 amide bonds. The normalized spacial score (nSPS) is 13.3. The molecule has 0 spiro atoms. The first-order valence-electron chi connectivity index (χ1n) is 11.5. The molecule has 1 aromatic heterocycles. The summed E-state index contributed by atoms with van der Waals surface area (Å²) in [6.07, 6.45) is 1.77. The SMILES string of the molecule is CN(C)C(=O)COC(=O)C(C)(CO)C[C@@H](Cc1ccc(-c2ccccc2)cc1)NC(=O)c1cnn[nH]1. The van der Waals surface area contributed by atoms with Gasteiger partial charge >= 0.3 is 5.97 Å². The maximum atomic E-state index is 12.8. The second kappa shape index (κ2) is 12.1. The van der Waals surface area contributed by atoms with Crippen LogP contribution < -0.4 is 5.32 Å². The molecule has 36 heavy (non-hydrogen) atoms. The van der Waals surface area contributed by atoms with Crippen molar-refractivity contribution in [3.05, 3.63) is 72.1 Å². The van der Waals surface area contributed by atoms with Gasteiger partial charge in [-0.1, -0.05) is 59.8 Å². The van der Waals surface area contributed by atoms with E-state index in [4.69, 9.17) is 4.74 Å². The van der Waals surface area contributed by atoms with Crippen LogP contribution in [0, 0.1) is 5.41 Å². The Kier molecular flexibility index (Phi) is 8.91. The number of carbonyl (C=O) groups is 3. The van der Waals surface area contributed by atoms with Crippen LogP contribution in [0.4, 0.5) is 0 Å². The smallest absolute Gasteiger partial charge is 0.314 e. The molecule has 1 unspecified atom stereocenters. The quantitative estimate of drug-likeness (QED) is 0.347. The van der Waals surface area contributed by atoms with E-state index in [0.29, 0.717) is 6.42 Å². The summed E-state index contributed by atoms with van der Waals surface area (Å²) in [7, 11) is 3.11. The third-order valence-electron chi connectivity index (χ3n) is 5.90. The maximum absolute atomic E-state index is 12.8. The summed E-state index contributed by atoms with van der Waals surface area (Å²) in [5, 5.41) is 22.7. The van der Waals surface area contributed by atoms with Gasteiger partial charge in [0.15, 0.2) is 6.61 Å². The number of aliphatic hydroxyl groups excluding tert-OH is 1. The van der Waals surface area contributed by atoms with Gasteiger partial charge in [-0.2, -0.15) is 0 Å². The zero-order valence-electron chi connectivity index (χ0n) is 20.6. The second-order valence-electron chi connectivity index (χ2n) is 9.09. The average molecular weight is 494 g/mol. The van der Waals surface area contributed by atoms with Crippen molar-refractivity contribution >= 4 is 17.8 Å². The number of benzene rings is 2. The van der Waals surface area contributed by atoms with Crippen molar-refractivity contribution in [3.63, 3.8) is 0 Å². The fraction of sp³-hybridized carbons (Fsp3) is 0.346. The highest BCUT2D eigenvalue weighted by atomic mass is 16.5. The summed E-state index contributed by atoms with van der Waals surface area (Å²) in [6, 6.07) is 17.3. The Labute approximate surface area is 209 Å². The predicted molar refractivity (Wildman–Crippen MR) is 133 cm³/mol. The molecule has 190 valence electrons. The molecule has 2 atom stereocenters. The third kappa shape index (κ3) is 6.98. The fourth-order valence-corrected chi connectivity index (χ4v) is 3.68. The number of rotatable bonds is 11. The molecule has 0 bridgehead atoms. The molecule has 3 N–H and O–H groups in total. The number of aromatic nitrogens is 3. The number of likely N-dealkylation sites (N-methyl/N-ethyl adjacent to an activating group) is 1. The van der Waals surface area contributed by atoms with Gasteiger partial charge in [-0.25, -0.2) is 0 Å². The predicted octanol–water partition coefficient (Wildman–Crippen LogP) is 1.83. The lowest BCUT2D eigenvalue weighted by Crippen LogP contribution is -2.45. The van der Waals surface area contributed by atoms with Crippen LogP contribution in [-0.2, 0) is 20.7 Å². The summed E-state index contributed by atoms with van der Waals surface area (Å²) in [5.74, 6) is -1.54. The van der Waals surface area contributed by atoms with Crippen molar-refractivity contribution < 1.29 is 24.2 Å². The topological polar surface area (TPSA) is 138 Å². The van der Waals surface area contributed by atoms with Crippen LogP contribution in [0.15, 0.2) is 60.8 Å². The molecular formula is C26H31N5O5. The van der Waals surface area contributed by atoms with E-state index in [1.165, 1.54) is 11.1 Å². The van der Waals surface area contributed by atoms with Gasteiger partial charge in [0.25, 0.3) is 11.8 Å². The van der Waals surface area contributed by atoms with E-state index in [-0.39, 0.29) is 18.0 Å². The molecule has 1 heterocycles. The van der Waals surface area contributed by atoms with Gasteiger partial charge in [0.1, 0.15) is 5.69 Å². The molecule has 3 aromatic rings. The van der Waals surface area contributed by atoms with E-state index in [2.05, 4.69) is 20.7 Å². The van der Waals surface area contributed by atoms with Gasteiger partial charge in [0.05, 0.1) is 18.2 Å². The van der Waals surface area contributed by atoms with E-state index < -0.39 is 36.5 Å². The number of aliphatic hydroxyl groups is 1. The Morgan fingerprint density at radius 3 is 2.33 bits per heavy atom. The van der Waals surface area contributed by atoms with Crippen molar-refractivity contribution in [3.8, 4) is 11.1 Å². The number of nitrogens with zero attached hydrogens (tertiary/aromatic N) is 3. The van der Waals surface area contributed by atoms with Gasteiger partial charge in [0.2, 0.25) is 0 Å². The molecule has 10 heteroatoms. The molecule has 0 saturated carbocycles. The largest absolute Gasteiger partial charge is 0.455 e. The lowest BCUT2D eigenvalue weighted by molar-refractivity contribution is -0.162. The van der Waals surface area contributed by atoms with Crippen molar-refractivity contribution in [2.75, 3.05) is 27.3 Å². The summed E-state index contributed by atoms with van der Waals surface area (Å²) in [5.41, 5.74) is 1.89. The highest BCUT2D eigenvalue weighted by molar-refractivity contribution is 5.92. The van der Waals surface area contributed by atoms with Gasteiger partial charge < -0.3 is 20.1 Å². The van der Waals surface area contributed by atoms with Crippen molar-refractivity contribution in [1.29, 1.82) is 0 Å². The van der Waals surface area contributed by atoms with Gasteiger partial charge in [0, 0.05) is 20.1 Å². The molecule has 3 rings (SSSR count). The Morgan fingerprint density at radius 2 is 1.75 bits per heavy atom. The third-order valence-corrected chi connectivity index (χ3v) is 5.90. The Hall–Kier alpha value is -4.05. The molecule has 0 saturated heterocycles. The standard InChI is InChI=1S/C26H31N5O5/c1-26(17-32,25(35)36-16-23(33)31(2)3)14-21(28-24(34)22-15-27-30-29-22)13-18-9-11-20(12-10-18)19-7-5-4-6-8-19/h4-12,15,21,32H,13-14,16-17H2,1-3H3,(H,28,34)(H,27,29,30)/t21-,26?/m1/s1. The van der Waals surface area contributed by atoms with Crippen LogP contribution in [0.2, 0.25) is 0 Å². The van der Waals surface area contributed by atoms with Crippen molar-refractivity contribution in [2.45, 2.75) is 25.8 Å². The van der Waals surface area contributed by atoms with Crippen molar-refractivity contribution in [2.24, 2.45) is 5.41 Å². The van der Waals surface area contributed by atoms with Gasteiger partial charge in [-0.15, -0.1) is 5.10 Å². The number of hydrogen-bond donors (Lipinski definition) is 3. The molecule has 2 aromatic carbocycles. The van der Waals surface area contributed by atoms with E-state index in [9.17, 15) is 19.5 Å².